The Hall–Kier alpha value is -2.90. The van der Waals surface area contributed by atoms with Crippen LogP contribution in [0, 0.1) is 0 Å². The summed E-state index contributed by atoms with van der Waals surface area (Å²) in [5.74, 6) is -0.622. The summed E-state index contributed by atoms with van der Waals surface area (Å²) in [6.45, 7) is 4.84. The zero-order chi connectivity index (χ0) is 19.6. The van der Waals surface area contributed by atoms with Gasteiger partial charge in [0.15, 0.2) is 0 Å². The van der Waals surface area contributed by atoms with E-state index in [1.165, 1.54) is 0 Å². The third-order valence-electron chi connectivity index (χ3n) is 4.49. The van der Waals surface area contributed by atoms with Gasteiger partial charge in [0.05, 0.1) is 13.2 Å². The normalized spacial score (nSPS) is 15.2. The molecule has 1 fully saturated rings. The van der Waals surface area contributed by atoms with Crippen LogP contribution in [-0.4, -0.2) is 61.1 Å². The molecule has 0 radical (unpaired) electrons. The average molecular weight is 382 g/mol. The zero-order valence-electron chi connectivity index (χ0n) is 15.8. The standard InChI is InChI=1S/C21H26N4O3/c26-20(17-6-2-1-3-7-17)24-19(16-18-8-4-9-22-18)21(27)23-10-5-11-25-12-14-28-15-13-25/h1-4,6-9,16,22H,5,10-15H2,(H,23,27)(H,24,26). The summed E-state index contributed by atoms with van der Waals surface area (Å²) in [7, 11) is 0. The molecule has 7 heteroatoms. The fourth-order valence-electron chi connectivity index (χ4n) is 2.96. The lowest BCUT2D eigenvalue weighted by molar-refractivity contribution is -0.117. The van der Waals surface area contributed by atoms with Crippen molar-refractivity contribution >= 4 is 17.9 Å². The molecule has 0 aliphatic carbocycles. The Kier molecular flexibility index (Phi) is 7.40. The molecule has 2 heterocycles. The van der Waals surface area contributed by atoms with E-state index in [0.29, 0.717) is 12.1 Å². The van der Waals surface area contributed by atoms with Crippen molar-refractivity contribution in [1.29, 1.82) is 0 Å². The number of hydrogen-bond acceptors (Lipinski definition) is 4. The Morgan fingerprint density at radius 2 is 1.89 bits per heavy atom. The van der Waals surface area contributed by atoms with E-state index in [2.05, 4.69) is 20.5 Å². The molecular formula is C21H26N4O3. The number of aromatic amines is 1. The van der Waals surface area contributed by atoms with Crippen molar-refractivity contribution in [3.63, 3.8) is 0 Å². The number of hydrogen-bond donors (Lipinski definition) is 3. The first-order valence-electron chi connectivity index (χ1n) is 9.52. The van der Waals surface area contributed by atoms with Crippen LogP contribution in [0.4, 0.5) is 0 Å². The summed E-state index contributed by atoms with van der Waals surface area (Å²) in [6, 6.07) is 12.5. The number of H-pyrrole nitrogens is 1. The largest absolute Gasteiger partial charge is 0.379 e. The lowest BCUT2D eigenvalue weighted by Crippen LogP contribution is -2.39. The van der Waals surface area contributed by atoms with Gasteiger partial charge in [-0.05, 0) is 43.3 Å². The maximum Gasteiger partial charge on any atom is 0.267 e. The molecule has 7 nitrogen and oxygen atoms in total. The number of morpholine rings is 1. The number of carbonyl (C=O) groups is 2. The molecule has 2 amide bonds. The molecule has 1 aromatic heterocycles. The van der Waals surface area contributed by atoms with Crippen LogP contribution in [0.3, 0.4) is 0 Å². The lowest BCUT2D eigenvalue weighted by Gasteiger charge is -2.26. The Labute approximate surface area is 164 Å². The van der Waals surface area contributed by atoms with Crippen LogP contribution >= 0.6 is 0 Å². The van der Waals surface area contributed by atoms with Gasteiger partial charge in [0, 0.05) is 37.1 Å². The van der Waals surface area contributed by atoms with E-state index in [1.807, 2.05) is 18.2 Å². The van der Waals surface area contributed by atoms with E-state index in [-0.39, 0.29) is 17.5 Å². The van der Waals surface area contributed by atoms with Gasteiger partial charge in [-0.3, -0.25) is 14.5 Å². The Morgan fingerprint density at radius 1 is 1.11 bits per heavy atom. The van der Waals surface area contributed by atoms with Gasteiger partial charge in [-0.15, -0.1) is 0 Å². The highest BCUT2D eigenvalue weighted by Crippen LogP contribution is 2.06. The predicted octanol–water partition coefficient (Wildman–Crippen LogP) is 1.62. The summed E-state index contributed by atoms with van der Waals surface area (Å²) >= 11 is 0. The molecule has 0 saturated carbocycles. The van der Waals surface area contributed by atoms with Crippen LogP contribution in [0.1, 0.15) is 22.5 Å². The van der Waals surface area contributed by atoms with Gasteiger partial charge in [0.1, 0.15) is 5.70 Å². The van der Waals surface area contributed by atoms with E-state index >= 15 is 0 Å². The zero-order valence-corrected chi connectivity index (χ0v) is 15.8. The first-order chi connectivity index (χ1) is 13.7. The Balaban J connectivity index is 1.56. The first-order valence-corrected chi connectivity index (χ1v) is 9.52. The molecule has 148 valence electrons. The summed E-state index contributed by atoms with van der Waals surface area (Å²) in [6.07, 6.45) is 4.25. The van der Waals surface area contributed by atoms with E-state index in [0.717, 1.165) is 45.0 Å². The highest BCUT2D eigenvalue weighted by Gasteiger charge is 2.15. The van der Waals surface area contributed by atoms with Gasteiger partial charge in [0.2, 0.25) is 0 Å². The molecule has 0 bridgehead atoms. The van der Waals surface area contributed by atoms with Crippen LogP contribution in [0.15, 0.2) is 54.4 Å². The van der Waals surface area contributed by atoms with Crippen LogP contribution in [0.5, 0.6) is 0 Å². The van der Waals surface area contributed by atoms with E-state index < -0.39 is 0 Å². The molecule has 3 N–H and O–H groups in total. The second kappa shape index (κ2) is 10.4. The number of ether oxygens (including phenoxy) is 1. The fourth-order valence-corrected chi connectivity index (χ4v) is 2.96. The highest BCUT2D eigenvalue weighted by molar-refractivity contribution is 6.05. The number of rotatable bonds is 8. The van der Waals surface area contributed by atoms with Crippen molar-refractivity contribution < 1.29 is 14.3 Å². The second-order valence-corrected chi connectivity index (χ2v) is 6.57. The molecule has 1 aliphatic rings. The molecule has 3 rings (SSSR count). The quantitative estimate of drug-likeness (QED) is 0.478. The summed E-state index contributed by atoms with van der Waals surface area (Å²) in [5, 5.41) is 5.62. The SMILES string of the molecule is O=C(NCCCN1CCOCC1)C(=Cc1ccc[nH]1)NC(=O)c1ccccc1. The lowest BCUT2D eigenvalue weighted by atomic mass is 10.2. The van der Waals surface area contributed by atoms with Crippen molar-refractivity contribution in [3.8, 4) is 0 Å². The minimum atomic E-state index is -0.318. The predicted molar refractivity (Wildman–Crippen MR) is 108 cm³/mol. The van der Waals surface area contributed by atoms with Crippen molar-refractivity contribution in [1.82, 2.24) is 20.5 Å². The van der Waals surface area contributed by atoms with Crippen LogP contribution in [0.2, 0.25) is 0 Å². The van der Waals surface area contributed by atoms with E-state index in [9.17, 15) is 9.59 Å². The van der Waals surface area contributed by atoms with E-state index in [4.69, 9.17) is 4.74 Å². The van der Waals surface area contributed by atoms with Gasteiger partial charge < -0.3 is 20.4 Å². The van der Waals surface area contributed by atoms with Crippen molar-refractivity contribution in [2.45, 2.75) is 6.42 Å². The van der Waals surface area contributed by atoms with Crippen molar-refractivity contribution in [2.75, 3.05) is 39.4 Å². The maximum atomic E-state index is 12.6. The Morgan fingerprint density at radius 3 is 2.61 bits per heavy atom. The Bertz CT molecular complexity index is 781. The number of aromatic nitrogens is 1. The molecule has 1 aliphatic heterocycles. The number of amides is 2. The summed E-state index contributed by atoms with van der Waals surface area (Å²) in [5.41, 5.74) is 1.45. The van der Waals surface area contributed by atoms with Gasteiger partial charge in [-0.2, -0.15) is 0 Å². The van der Waals surface area contributed by atoms with Gasteiger partial charge in [0.25, 0.3) is 11.8 Å². The summed E-state index contributed by atoms with van der Waals surface area (Å²) < 4.78 is 5.34. The topological polar surface area (TPSA) is 86.5 Å². The average Bonchev–Trinajstić information content (AvgIpc) is 3.25. The summed E-state index contributed by atoms with van der Waals surface area (Å²) in [4.78, 5) is 30.5. The molecule has 2 aromatic rings. The molecule has 28 heavy (non-hydrogen) atoms. The number of carbonyl (C=O) groups excluding carboxylic acids is 2. The van der Waals surface area contributed by atoms with Crippen LogP contribution in [0.25, 0.3) is 6.08 Å². The van der Waals surface area contributed by atoms with E-state index in [1.54, 1.807) is 36.5 Å². The van der Waals surface area contributed by atoms with Gasteiger partial charge >= 0.3 is 0 Å². The minimum Gasteiger partial charge on any atom is -0.379 e. The van der Waals surface area contributed by atoms with Crippen LogP contribution < -0.4 is 10.6 Å². The third kappa shape index (κ3) is 6.07. The van der Waals surface area contributed by atoms with Crippen molar-refractivity contribution in [2.24, 2.45) is 0 Å². The number of benzene rings is 1. The maximum absolute atomic E-state index is 12.6. The third-order valence-corrected chi connectivity index (χ3v) is 4.49. The fraction of sp³-hybridized carbons (Fsp3) is 0.333. The van der Waals surface area contributed by atoms with Gasteiger partial charge in [-0.25, -0.2) is 0 Å². The molecule has 1 saturated heterocycles. The number of nitrogens with zero attached hydrogens (tertiary/aromatic N) is 1. The highest BCUT2D eigenvalue weighted by atomic mass is 16.5. The monoisotopic (exact) mass is 382 g/mol. The van der Waals surface area contributed by atoms with Crippen LogP contribution in [-0.2, 0) is 9.53 Å². The molecule has 1 aromatic carbocycles. The van der Waals surface area contributed by atoms with Gasteiger partial charge in [-0.1, -0.05) is 18.2 Å². The minimum absolute atomic E-state index is 0.211. The molecule has 0 atom stereocenters. The smallest absolute Gasteiger partial charge is 0.267 e. The number of nitrogens with one attached hydrogen (secondary N) is 3. The molecular weight excluding hydrogens is 356 g/mol. The second-order valence-electron chi connectivity index (χ2n) is 6.57. The molecule has 0 spiro atoms. The first kappa shape index (κ1) is 19.9. The molecule has 0 unspecified atom stereocenters. The van der Waals surface area contributed by atoms with Crippen molar-refractivity contribution in [3.05, 3.63) is 65.6 Å².